The van der Waals surface area contributed by atoms with E-state index in [0.29, 0.717) is 6.20 Å². The molecule has 0 aromatic carbocycles. The highest BCUT2D eigenvalue weighted by Gasteiger charge is 2.34. The molecule has 1 aromatic heterocycles. The lowest BCUT2D eigenvalue weighted by molar-refractivity contribution is -0.275. The summed E-state index contributed by atoms with van der Waals surface area (Å²) >= 11 is 7.90. The third-order valence-electron chi connectivity index (χ3n) is 1.94. The first kappa shape index (κ1) is 16.1. The van der Waals surface area contributed by atoms with Crippen molar-refractivity contribution in [2.75, 3.05) is 0 Å². The Morgan fingerprint density at radius 2 is 2.05 bits per heavy atom. The Kier molecular flexibility index (Phi) is 5.08. The van der Waals surface area contributed by atoms with E-state index in [1.165, 1.54) is 0 Å². The molecule has 0 aliphatic heterocycles. The maximum absolute atomic E-state index is 12.6. The van der Waals surface area contributed by atoms with Crippen LogP contribution in [0.4, 0.5) is 22.0 Å². The number of nitrogens with zero attached hydrogens (tertiary/aromatic N) is 1. The lowest BCUT2D eigenvalue weighted by atomic mass is 10.1. The second kappa shape index (κ2) is 6.00. The van der Waals surface area contributed by atoms with Crippen LogP contribution in [0.1, 0.15) is 28.0 Å². The molecule has 19 heavy (non-hydrogen) atoms. The molecule has 0 saturated carbocycles. The second-order valence-electron chi connectivity index (χ2n) is 3.12. The van der Waals surface area contributed by atoms with Crippen LogP contribution < -0.4 is 4.74 Å². The lowest BCUT2D eigenvalue weighted by Crippen LogP contribution is -2.19. The number of hydrogen-bond donors (Lipinski definition) is 0. The Labute approximate surface area is 116 Å². The Morgan fingerprint density at radius 1 is 1.47 bits per heavy atom. The summed E-state index contributed by atoms with van der Waals surface area (Å²) in [4.78, 5) is 14.2. The van der Waals surface area contributed by atoms with E-state index < -0.39 is 40.6 Å². The van der Waals surface area contributed by atoms with Crippen LogP contribution in [0, 0.1) is 0 Å². The number of alkyl halides is 6. The average Bonchev–Trinajstić information content (AvgIpc) is 2.25. The van der Waals surface area contributed by atoms with E-state index in [9.17, 15) is 26.7 Å². The molecule has 0 bridgehead atoms. The molecule has 0 N–H and O–H groups in total. The Hall–Kier alpha value is -0.960. The molecule has 0 amide bonds. The maximum Gasteiger partial charge on any atom is 0.573 e. The van der Waals surface area contributed by atoms with Gasteiger partial charge in [0, 0.05) is 10.9 Å². The van der Waals surface area contributed by atoms with Crippen LogP contribution in [0.5, 0.6) is 5.75 Å². The van der Waals surface area contributed by atoms with Crippen molar-refractivity contribution in [3.05, 3.63) is 23.0 Å². The molecule has 1 heterocycles. The Morgan fingerprint density at radius 3 is 2.42 bits per heavy atom. The summed E-state index contributed by atoms with van der Waals surface area (Å²) in [6.45, 7) is 0. The highest BCUT2D eigenvalue weighted by atomic mass is 79.9. The summed E-state index contributed by atoms with van der Waals surface area (Å²) in [7, 11) is 0. The number of carbonyl (C=O) groups is 1. The number of aromatic nitrogens is 1. The van der Waals surface area contributed by atoms with Crippen LogP contribution in [-0.4, -0.2) is 16.6 Å². The van der Waals surface area contributed by atoms with Gasteiger partial charge in [-0.15, -0.1) is 13.2 Å². The van der Waals surface area contributed by atoms with Crippen LogP contribution in [0.3, 0.4) is 0 Å². The molecule has 3 nitrogen and oxygen atoms in total. The van der Waals surface area contributed by atoms with Gasteiger partial charge in [0.05, 0.1) is 11.8 Å². The minimum Gasteiger partial charge on any atom is -0.404 e. The quantitative estimate of drug-likeness (QED) is 0.454. The van der Waals surface area contributed by atoms with Gasteiger partial charge in [0.15, 0.2) is 5.75 Å². The van der Waals surface area contributed by atoms with Crippen molar-refractivity contribution in [3.63, 3.8) is 0 Å². The summed E-state index contributed by atoms with van der Waals surface area (Å²) in [5.41, 5.74) is -2.23. The molecule has 10 heteroatoms. The first-order valence-electron chi connectivity index (χ1n) is 4.48. The highest BCUT2D eigenvalue weighted by molar-refractivity contribution is 9.08. The largest absolute Gasteiger partial charge is 0.573 e. The summed E-state index contributed by atoms with van der Waals surface area (Å²) in [6.07, 6.45) is -7.73. The van der Waals surface area contributed by atoms with Gasteiger partial charge in [-0.2, -0.15) is 0 Å². The summed E-state index contributed by atoms with van der Waals surface area (Å²) in [5.74, 6) is -0.863. The molecular formula is C9H4BrClF5NO2. The van der Waals surface area contributed by atoms with E-state index in [2.05, 4.69) is 25.7 Å². The predicted octanol–water partition coefficient (Wildman–Crippen LogP) is 4.19. The molecule has 0 aliphatic rings. The van der Waals surface area contributed by atoms with Gasteiger partial charge in [0.2, 0.25) is 0 Å². The highest BCUT2D eigenvalue weighted by Crippen LogP contribution is 2.34. The van der Waals surface area contributed by atoms with Gasteiger partial charge < -0.3 is 4.74 Å². The van der Waals surface area contributed by atoms with Crippen LogP contribution in [0.15, 0.2) is 6.20 Å². The van der Waals surface area contributed by atoms with Crippen molar-refractivity contribution < 1.29 is 31.5 Å². The van der Waals surface area contributed by atoms with Gasteiger partial charge in [0.1, 0.15) is 5.69 Å². The zero-order valence-electron chi connectivity index (χ0n) is 8.77. The van der Waals surface area contributed by atoms with E-state index in [-0.39, 0.29) is 5.33 Å². The third-order valence-corrected chi connectivity index (χ3v) is 2.69. The van der Waals surface area contributed by atoms with Crippen molar-refractivity contribution in [2.45, 2.75) is 18.1 Å². The predicted molar refractivity (Wildman–Crippen MR) is 58.7 cm³/mol. The van der Waals surface area contributed by atoms with Crippen LogP contribution in [0.25, 0.3) is 0 Å². The minimum atomic E-state index is -5.04. The lowest BCUT2D eigenvalue weighted by Gasteiger charge is -2.15. The molecule has 0 unspecified atom stereocenters. The van der Waals surface area contributed by atoms with E-state index in [1.807, 2.05) is 0 Å². The first-order valence-corrected chi connectivity index (χ1v) is 5.98. The zero-order chi connectivity index (χ0) is 14.8. The maximum atomic E-state index is 12.6. The number of carbonyl (C=O) groups excluding carboxylic acids is 1. The van der Waals surface area contributed by atoms with E-state index >= 15 is 0 Å². The SMILES string of the molecule is O=C(Cl)c1c(C(F)F)ncc(OC(F)(F)F)c1CBr. The molecule has 0 aliphatic carbocycles. The van der Waals surface area contributed by atoms with Gasteiger partial charge in [-0.25, -0.2) is 8.78 Å². The first-order chi connectivity index (χ1) is 8.67. The van der Waals surface area contributed by atoms with Crippen molar-refractivity contribution in [2.24, 2.45) is 0 Å². The average molecular weight is 368 g/mol. The Bertz CT molecular complexity index is 494. The molecule has 0 spiro atoms. The fourth-order valence-electron chi connectivity index (χ4n) is 1.28. The smallest absolute Gasteiger partial charge is 0.404 e. The van der Waals surface area contributed by atoms with Crippen molar-refractivity contribution in [3.8, 4) is 5.75 Å². The molecule has 0 saturated heterocycles. The van der Waals surface area contributed by atoms with Gasteiger partial charge in [-0.3, -0.25) is 9.78 Å². The molecule has 106 valence electrons. The standard InChI is InChI=1S/C9H4BrClF5NO2/c10-1-3-4(19-9(14,15)16)2-17-6(8(12)13)5(3)7(11)18/h2,8H,1H2. The molecule has 0 radical (unpaired) electrons. The van der Waals surface area contributed by atoms with Gasteiger partial charge >= 0.3 is 6.36 Å². The van der Waals surface area contributed by atoms with Gasteiger partial charge in [-0.1, -0.05) is 15.9 Å². The van der Waals surface area contributed by atoms with Crippen molar-refractivity contribution in [1.29, 1.82) is 0 Å². The molecule has 1 aromatic rings. The minimum absolute atomic E-state index is 0.339. The third kappa shape index (κ3) is 4.00. The monoisotopic (exact) mass is 367 g/mol. The van der Waals surface area contributed by atoms with E-state index in [1.54, 1.807) is 0 Å². The van der Waals surface area contributed by atoms with Gasteiger partial charge in [0.25, 0.3) is 11.7 Å². The number of hydrogen-bond acceptors (Lipinski definition) is 3. The fourth-order valence-corrected chi connectivity index (χ4v) is 2.05. The molecule has 0 atom stereocenters. The molecule has 0 fully saturated rings. The van der Waals surface area contributed by atoms with Gasteiger partial charge in [-0.05, 0) is 11.6 Å². The second-order valence-corrected chi connectivity index (χ2v) is 4.02. The van der Waals surface area contributed by atoms with Crippen LogP contribution >= 0.6 is 27.5 Å². The number of halogens is 7. The van der Waals surface area contributed by atoms with Crippen LogP contribution in [0.2, 0.25) is 0 Å². The van der Waals surface area contributed by atoms with E-state index in [0.717, 1.165) is 0 Å². The number of rotatable bonds is 4. The van der Waals surface area contributed by atoms with E-state index in [4.69, 9.17) is 11.6 Å². The summed E-state index contributed by atoms with van der Waals surface area (Å²) < 4.78 is 65.2. The van der Waals surface area contributed by atoms with Crippen molar-refractivity contribution >= 4 is 32.8 Å². The number of pyridine rings is 1. The molecule has 1 rings (SSSR count). The van der Waals surface area contributed by atoms with Crippen molar-refractivity contribution in [1.82, 2.24) is 4.98 Å². The zero-order valence-corrected chi connectivity index (χ0v) is 11.1. The normalized spacial score (nSPS) is 11.8. The Balaban J connectivity index is 3.45. The number of ether oxygens (including phenoxy) is 1. The fraction of sp³-hybridized carbons (Fsp3) is 0.333. The summed E-state index contributed by atoms with van der Waals surface area (Å²) in [5, 5.41) is -1.68. The molecular weight excluding hydrogens is 364 g/mol. The summed E-state index contributed by atoms with van der Waals surface area (Å²) in [6, 6.07) is 0. The topological polar surface area (TPSA) is 39.2 Å². The van der Waals surface area contributed by atoms with Crippen LogP contribution in [-0.2, 0) is 5.33 Å².